The van der Waals surface area contributed by atoms with E-state index in [1.807, 2.05) is 17.0 Å². The number of aliphatic hydroxyl groups is 2. The lowest BCUT2D eigenvalue weighted by Crippen LogP contribution is -2.48. The number of hydrogen-bond donors (Lipinski definition) is 3. The lowest BCUT2D eigenvalue weighted by molar-refractivity contribution is 0.0606. The maximum absolute atomic E-state index is 12.6. The van der Waals surface area contributed by atoms with Crippen molar-refractivity contribution in [1.29, 1.82) is 0 Å². The number of aromatic nitrogens is 2. The molecule has 1 unspecified atom stereocenters. The van der Waals surface area contributed by atoms with E-state index in [4.69, 9.17) is 21.6 Å². The standard InChI is InChI=1S/C21H25ClN4O3S/c22-15-4-2-14(3-5-15)21(28)9-10-26(12-21)19-23-16-6-11-30(29)17(16)18(24-19)25-20(13-27)7-1-8-20/h2-5,27-28H,1,6-13H2,(H,23,24,25)/t21?,30-/m0/s1. The van der Waals surface area contributed by atoms with Crippen LogP contribution in [0.4, 0.5) is 11.8 Å². The Balaban J connectivity index is 1.46. The number of nitrogens with zero attached hydrogens (tertiary/aromatic N) is 3. The summed E-state index contributed by atoms with van der Waals surface area (Å²) in [4.78, 5) is 12.1. The Labute approximate surface area is 183 Å². The SMILES string of the molecule is O=[S@]1CCc2nc(N3CCC(O)(c4ccc(Cl)cc4)C3)nc(NC3(CO)CCC3)c21. The van der Waals surface area contributed by atoms with Gasteiger partial charge in [-0.1, -0.05) is 23.7 Å². The molecule has 2 aromatic rings. The van der Waals surface area contributed by atoms with Gasteiger partial charge in [0.05, 0.1) is 35.2 Å². The van der Waals surface area contributed by atoms with E-state index in [1.165, 1.54) is 0 Å². The topological polar surface area (TPSA) is 98.6 Å². The lowest BCUT2D eigenvalue weighted by atomic mass is 9.77. The maximum atomic E-state index is 12.6. The highest BCUT2D eigenvalue weighted by molar-refractivity contribution is 7.85. The Kier molecular flexibility index (Phi) is 5.01. The van der Waals surface area contributed by atoms with Crippen molar-refractivity contribution in [2.45, 2.75) is 48.1 Å². The molecule has 5 rings (SSSR count). The van der Waals surface area contributed by atoms with Gasteiger partial charge in [-0.2, -0.15) is 4.98 Å². The lowest BCUT2D eigenvalue weighted by Gasteiger charge is -2.41. The van der Waals surface area contributed by atoms with Gasteiger partial charge in [0.1, 0.15) is 16.3 Å². The van der Waals surface area contributed by atoms with E-state index < -0.39 is 16.4 Å². The first kappa shape index (κ1) is 20.2. The molecule has 0 radical (unpaired) electrons. The number of nitrogens with one attached hydrogen (secondary N) is 1. The van der Waals surface area contributed by atoms with Gasteiger partial charge in [0.15, 0.2) is 0 Å². The van der Waals surface area contributed by atoms with Crippen LogP contribution in [0, 0.1) is 0 Å². The van der Waals surface area contributed by atoms with E-state index in [1.54, 1.807) is 12.1 Å². The van der Waals surface area contributed by atoms with Crippen LogP contribution in [0.25, 0.3) is 0 Å². The first-order valence-corrected chi connectivity index (χ1v) is 12.0. The normalized spacial score (nSPS) is 27.0. The molecule has 1 aliphatic carbocycles. The second kappa shape index (κ2) is 7.44. The zero-order chi connectivity index (χ0) is 20.9. The van der Waals surface area contributed by atoms with Gasteiger partial charge in [-0.15, -0.1) is 0 Å². The Hall–Kier alpha value is -1.74. The molecule has 3 aliphatic rings. The zero-order valence-corrected chi connectivity index (χ0v) is 18.2. The molecule has 3 heterocycles. The summed E-state index contributed by atoms with van der Waals surface area (Å²) in [5.41, 5.74) is 0.240. The van der Waals surface area contributed by atoms with E-state index in [9.17, 15) is 14.4 Å². The molecule has 0 spiro atoms. The summed E-state index contributed by atoms with van der Waals surface area (Å²) >= 11 is 5.99. The van der Waals surface area contributed by atoms with E-state index >= 15 is 0 Å². The molecule has 2 fully saturated rings. The maximum Gasteiger partial charge on any atom is 0.227 e. The predicted octanol–water partition coefficient (Wildman–Crippen LogP) is 2.22. The monoisotopic (exact) mass is 448 g/mol. The van der Waals surface area contributed by atoms with Gasteiger partial charge in [0.2, 0.25) is 5.95 Å². The van der Waals surface area contributed by atoms with Crippen molar-refractivity contribution in [1.82, 2.24) is 9.97 Å². The van der Waals surface area contributed by atoms with Crippen LogP contribution in [0.3, 0.4) is 0 Å². The minimum absolute atomic E-state index is 0.0216. The number of halogens is 1. The second-order valence-electron chi connectivity index (χ2n) is 8.57. The molecule has 3 N–H and O–H groups in total. The van der Waals surface area contributed by atoms with Crippen molar-refractivity contribution in [3.63, 3.8) is 0 Å². The summed E-state index contributed by atoms with van der Waals surface area (Å²) in [7, 11) is -1.13. The zero-order valence-electron chi connectivity index (χ0n) is 16.6. The Morgan fingerprint density at radius 3 is 2.63 bits per heavy atom. The number of rotatable bonds is 5. The molecule has 2 aliphatic heterocycles. The van der Waals surface area contributed by atoms with Crippen molar-refractivity contribution >= 4 is 34.2 Å². The summed E-state index contributed by atoms with van der Waals surface area (Å²) in [6, 6.07) is 7.28. The summed E-state index contributed by atoms with van der Waals surface area (Å²) < 4.78 is 12.6. The molecule has 160 valence electrons. The summed E-state index contributed by atoms with van der Waals surface area (Å²) in [6.45, 7) is 1.01. The fourth-order valence-corrected chi connectivity index (χ4v) is 5.98. The second-order valence-corrected chi connectivity index (χ2v) is 10.5. The number of fused-ring (bicyclic) bond motifs is 1. The molecule has 0 amide bonds. The van der Waals surface area contributed by atoms with Crippen LogP contribution in [-0.2, 0) is 22.8 Å². The third-order valence-electron chi connectivity index (χ3n) is 6.58. The van der Waals surface area contributed by atoms with Gasteiger partial charge in [-0.3, -0.25) is 4.21 Å². The van der Waals surface area contributed by atoms with E-state index in [-0.39, 0.29) is 12.1 Å². The van der Waals surface area contributed by atoms with Crippen LogP contribution < -0.4 is 10.2 Å². The third-order valence-corrected chi connectivity index (χ3v) is 8.30. The van der Waals surface area contributed by atoms with Crippen molar-refractivity contribution in [3.8, 4) is 0 Å². The molecular formula is C21H25ClN4O3S. The Morgan fingerprint density at radius 2 is 1.97 bits per heavy atom. The number of aliphatic hydroxyl groups excluding tert-OH is 1. The van der Waals surface area contributed by atoms with E-state index in [0.717, 1.165) is 30.5 Å². The first-order valence-electron chi connectivity index (χ1n) is 10.3. The fourth-order valence-electron chi connectivity index (χ4n) is 4.55. The molecule has 7 nitrogen and oxygen atoms in total. The summed E-state index contributed by atoms with van der Waals surface area (Å²) in [6.07, 6.45) is 3.99. The number of benzene rings is 1. The Morgan fingerprint density at radius 1 is 1.20 bits per heavy atom. The molecule has 2 atom stereocenters. The molecule has 1 aromatic heterocycles. The van der Waals surface area contributed by atoms with Crippen molar-refractivity contribution in [2.24, 2.45) is 0 Å². The quantitative estimate of drug-likeness (QED) is 0.645. The smallest absolute Gasteiger partial charge is 0.227 e. The van der Waals surface area contributed by atoms with Crippen LogP contribution in [0.15, 0.2) is 29.2 Å². The molecule has 1 aromatic carbocycles. The summed E-state index contributed by atoms with van der Waals surface area (Å²) in [5, 5.41) is 25.1. The highest BCUT2D eigenvalue weighted by Gasteiger charge is 2.41. The van der Waals surface area contributed by atoms with Crippen molar-refractivity contribution < 1.29 is 14.4 Å². The Bertz CT molecular complexity index is 993. The van der Waals surface area contributed by atoms with Gasteiger partial charge in [-0.25, -0.2) is 4.98 Å². The van der Waals surface area contributed by atoms with Crippen LogP contribution in [0.1, 0.15) is 36.9 Å². The molecular weight excluding hydrogens is 424 g/mol. The number of β-amino-alcohol motifs (C(OH)–C–C–N with tert-alkyl or cyclic N) is 1. The molecule has 9 heteroatoms. The number of hydrogen-bond acceptors (Lipinski definition) is 7. The molecule has 30 heavy (non-hydrogen) atoms. The highest BCUT2D eigenvalue weighted by Crippen LogP contribution is 2.40. The number of aryl methyl sites for hydroxylation is 1. The van der Waals surface area contributed by atoms with Gasteiger partial charge in [0.25, 0.3) is 0 Å². The average molecular weight is 449 g/mol. The van der Waals surface area contributed by atoms with Crippen LogP contribution in [0.2, 0.25) is 5.02 Å². The summed E-state index contributed by atoms with van der Waals surface area (Å²) in [5.74, 6) is 1.65. The molecule has 0 bridgehead atoms. The largest absolute Gasteiger partial charge is 0.394 e. The highest BCUT2D eigenvalue weighted by atomic mass is 35.5. The van der Waals surface area contributed by atoms with Gasteiger partial charge in [0, 0.05) is 23.7 Å². The molecule has 1 saturated carbocycles. The average Bonchev–Trinajstić information content (AvgIpc) is 3.29. The van der Waals surface area contributed by atoms with Crippen LogP contribution in [-0.4, -0.2) is 55.4 Å². The van der Waals surface area contributed by atoms with Gasteiger partial charge < -0.3 is 20.4 Å². The van der Waals surface area contributed by atoms with Crippen molar-refractivity contribution in [2.75, 3.05) is 35.7 Å². The van der Waals surface area contributed by atoms with Crippen LogP contribution >= 0.6 is 11.6 Å². The number of anilines is 2. The molecule has 1 saturated heterocycles. The third kappa shape index (κ3) is 3.39. The van der Waals surface area contributed by atoms with Gasteiger partial charge >= 0.3 is 0 Å². The fraction of sp³-hybridized carbons (Fsp3) is 0.524. The minimum atomic E-state index is -1.13. The minimum Gasteiger partial charge on any atom is -0.394 e. The van der Waals surface area contributed by atoms with E-state index in [0.29, 0.717) is 53.4 Å². The van der Waals surface area contributed by atoms with E-state index in [2.05, 4.69) is 5.32 Å². The van der Waals surface area contributed by atoms with Crippen molar-refractivity contribution in [3.05, 3.63) is 40.5 Å². The van der Waals surface area contributed by atoms with Crippen LogP contribution in [0.5, 0.6) is 0 Å². The predicted molar refractivity (Wildman–Crippen MR) is 116 cm³/mol. The van der Waals surface area contributed by atoms with Gasteiger partial charge in [-0.05, 0) is 43.4 Å². The first-order chi connectivity index (χ1) is 14.4.